The Bertz CT molecular complexity index is 521. The molecule has 2 atom stereocenters. The van der Waals surface area contributed by atoms with Crippen LogP contribution >= 0.6 is 0 Å². The second-order valence-corrected chi connectivity index (χ2v) is 5.73. The van der Waals surface area contributed by atoms with E-state index in [9.17, 15) is 10.2 Å². The Balaban J connectivity index is 2.34. The maximum absolute atomic E-state index is 10.4. The Morgan fingerprint density at radius 2 is 0.800 bits per heavy atom. The summed E-state index contributed by atoms with van der Waals surface area (Å²) in [5, 5.41) is 20.8. The van der Waals surface area contributed by atoms with E-state index in [0.717, 1.165) is 33.4 Å². The van der Waals surface area contributed by atoms with E-state index >= 15 is 0 Å². The Morgan fingerprint density at radius 1 is 0.550 bits per heavy atom. The van der Waals surface area contributed by atoms with Gasteiger partial charge in [-0.15, -0.1) is 0 Å². The smallest absolute Gasteiger partial charge is 0.109 e. The van der Waals surface area contributed by atoms with Crippen molar-refractivity contribution in [3.05, 3.63) is 69.8 Å². The molecule has 0 saturated heterocycles. The molecule has 20 heavy (non-hydrogen) atoms. The molecule has 0 fully saturated rings. The van der Waals surface area contributed by atoms with Crippen molar-refractivity contribution in [3.8, 4) is 0 Å². The molecule has 2 unspecified atom stereocenters. The molecule has 0 heterocycles. The van der Waals surface area contributed by atoms with Gasteiger partial charge in [-0.05, 0) is 38.8 Å². The summed E-state index contributed by atoms with van der Waals surface area (Å²) in [5.74, 6) is 0. The largest absolute Gasteiger partial charge is 0.385 e. The zero-order valence-electron chi connectivity index (χ0n) is 12.5. The molecule has 0 saturated carbocycles. The fraction of sp³-hybridized carbons (Fsp3) is 0.333. The Labute approximate surface area is 120 Å². The van der Waals surface area contributed by atoms with Crippen LogP contribution in [-0.2, 0) is 0 Å². The summed E-state index contributed by atoms with van der Waals surface area (Å²) in [7, 11) is 0. The van der Waals surface area contributed by atoms with E-state index in [1.807, 2.05) is 52.0 Å². The number of hydrogen-bond acceptors (Lipinski definition) is 2. The molecule has 0 bridgehead atoms. The van der Waals surface area contributed by atoms with Gasteiger partial charge in [0.25, 0.3) is 0 Å². The average molecular weight is 270 g/mol. The molecule has 0 aliphatic carbocycles. The fourth-order valence-corrected chi connectivity index (χ4v) is 2.73. The number of hydrogen-bond donors (Lipinski definition) is 2. The topological polar surface area (TPSA) is 40.5 Å². The molecule has 0 spiro atoms. The quantitative estimate of drug-likeness (QED) is 0.893. The van der Waals surface area contributed by atoms with Gasteiger partial charge in [-0.3, -0.25) is 0 Å². The summed E-state index contributed by atoms with van der Waals surface area (Å²) in [6, 6.07) is 11.8. The lowest BCUT2D eigenvalue weighted by Gasteiger charge is -2.20. The summed E-state index contributed by atoms with van der Waals surface area (Å²) >= 11 is 0. The Morgan fingerprint density at radius 3 is 1.05 bits per heavy atom. The van der Waals surface area contributed by atoms with Gasteiger partial charge in [0.15, 0.2) is 0 Å². The van der Waals surface area contributed by atoms with E-state index in [1.54, 1.807) is 0 Å². The van der Waals surface area contributed by atoms with Gasteiger partial charge in [-0.25, -0.2) is 0 Å². The van der Waals surface area contributed by atoms with Gasteiger partial charge in [0.2, 0.25) is 0 Å². The first-order valence-corrected chi connectivity index (χ1v) is 6.89. The van der Waals surface area contributed by atoms with Gasteiger partial charge < -0.3 is 10.2 Å². The molecule has 0 amide bonds. The highest BCUT2D eigenvalue weighted by atomic mass is 16.3. The van der Waals surface area contributed by atoms with Crippen molar-refractivity contribution in [2.24, 2.45) is 0 Å². The summed E-state index contributed by atoms with van der Waals surface area (Å²) in [4.78, 5) is 0. The van der Waals surface area contributed by atoms with Crippen molar-refractivity contribution >= 4 is 0 Å². The maximum atomic E-state index is 10.4. The van der Waals surface area contributed by atoms with Crippen molar-refractivity contribution in [3.63, 3.8) is 0 Å². The van der Waals surface area contributed by atoms with Gasteiger partial charge >= 0.3 is 0 Å². The monoisotopic (exact) mass is 270 g/mol. The van der Waals surface area contributed by atoms with Crippen LogP contribution in [0.15, 0.2) is 36.4 Å². The van der Waals surface area contributed by atoms with E-state index in [-0.39, 0.29) is 0 Å². The lowest BCUT2D eigenvalue weighted by Crippen LogP contribution is -2.11. The molecule has 106 valence electrons. The van der Waals surface area contributed by atoms with E-state index in [4.69, 9.17) is 0 Å². The van der Waals surface area contributed by atoms with Crippen molar-refractivity contribution in [2.45, 2.75) is 39.9 Å². The predicted molar refractivity (Wildman–Crippen MR) is 81.8 cm³/mol. The first-order chi connectivity index (χ1) is 9.36. The van der Waals surface area contributed by atoms with Gasteiger partial charge in [-0.2, -0.15) is 0 Å². The van der Waals surface area contributed by atoms with Crippen LogP contribution in [0.2, 0.25) is 0 Å². The van der Waals surface area contributed by atoms with E-state index < -0.39 is 12.2 Å². The summed E-state index contributed by atoms with van der Waals surface area (Å²) in [6.45, 7) is 7.97. The highest BCUT2D eigenvalue weighted by molar-refractivity contribution is 5.34. The van der Waals surface area contributed by atoms with Gasteiger partial charge in [-0.1, -0.05) is 58.7 Å². The molecular formula is C18H22O2. The second-order valence-electron chi connectivity index (χ2n) is 5.73. The molecule has 2 aromatic carbocycles. The normalized spacial score (nSPS) is 14.1. The Kier molecular flexibility index (Phi) is 4.26. The zero-order valence-corrected chi connectivity index (χ0v) is 12.5. The summed E-state index contributed by atoms with van der Waals surface area (Å²) < 4.78 is 0. The van der Waals surface area contributed by atoms with Crippen molar-refractivity contribution < 1.29 is 10.2 Å². The molecule has 2 rings (SSSR count). The second kappa shape index (κ2) is 5.78. The molecule has 0 aliphatic heterocycles. The van der Waals surface area contributed by atoms with Crippen LogP contribution in [0.3, 0.4) is 0 Å². The van der Waals surface area contributed by atoms with Crippen LogP contribution in [0.1, 0.15) is 45.6 Å². The van der Waals surface area contributed by atoms with Gasteiger partial charge in [0.05, 0.1) is 0 Å². The third-order valence-corrected chi connectivity index (χ3v) is 3.47. The predicted octanol–water partition coefficient (Wildman–Crippen LogP) is 3.69. The molecule has 0 radical (unpaired) electrons. The van der Waals surface area contributed by atoms with Gasteiger partial charge in [0.1, 0.15) is 12.2 Å². The summed E-state index contributed by atoms with van der Waals surface area (Å²) in [5.41, 5.74) is 5.88. The number of benzene rings is 2. The third-order valence-electron chi connectivity index (χ3n) is 3.47. The van der Waals surface area contributed by atoms with Crippen LogP contribution in [0.25, 0.3) is 0 Å². The minimum atomic E-state index is -0.908. The van der Waals surface area contributed by atoms with E-state index in [1.165, 1.54) is 0 Å². The molecule has 2 aromatic rings. The fourth-order valence-electron chi connectivity index (χ4n) is 2.73. The highest BCUT2D eigenvalue weighted by Gasteiger charge is 2.21. The number of aryl methyl sites for hydroxylation is 4. The molecular weight excluding hydrogens is 248 g/mol. The molecule has 2 heteroatoms. The van der Waals surface area contributed by atoms with Crippen LogP contribution in [0.5, 0.6) is 0 Å². The highest BCUT2D eigenvalue weighted by Crippen LogP contribution is 2.30. The lowest BCUT2D eigenvalue weighted by atomic mass is 9.94. The minimum Gasteiger partial charge on any atom is -0.385 e. The van der Waals surface area contributed by atoms with Crippen molar-refractivity contribution in [1.29, 1.82) is 0 Å². The zero-order chi connectivity index (χ0) is 14.9. The molecule has 0 aliphatic rings. The van der Waals surface area contributed by atoms with Crippen molar-refractivity contribution in [2.75, 3.05) is 0 Å². The third kappa shape index (κ3) is 3.27. The SMILES string of the molecule is Cc1cc(C)cc(C(O)C(O)c2cc(C)cc(C)c2)c1. The Hall–Kier alpha value is -1.64. The van der Waals surface area contributed by atoms with Crippen LogP contribution in [0, 0.1) is 27.7 Å². The minimum absolute atomic E-state index is 0.758. The number of rotatable bonds is 3. The van der Waals surface area contributed by atoms with Crippen LogP contribution in [-0.4, -0.2) is 10.2 Å². The summed E-state index contributed by atoms with van der Waals surface area (Å²) in [6.07, 6.45) is -1.82. The van der Waals surface area contributed by atoms with E-state index in [2.05, 4.69) is 12.1 Å². The number of aliphatic hydroxyl groups excluding tert-OH is 2. The first-order valence-electron chi connectivity index (χ1n) is 6.89. The van der Waals surface area contributed by atoms with Gasteiger partial charge in [0, 0.05) is 0 Å². The molecule has 2 N–H and O–H groups in total. The molecule has 2 nitrogen and oxygen atoms in total. The van der Waals surface area contributed by atoms with E-state index in [0.29, 0.717) is 0 Å². The molecule has 0 aromatic heterocycles. The standard InChI is InChI=1S/C18H22O2/c1-11-5-12(2)8-15(7-11)17(19)18(20)16-9-13(3)6-14(4)10-16/h5-10,17-20H,1-4H3. The average Bonchev–Trinajstić information content (AvgIpc) is 2.34. The lowest BCUT2D eigenvalue weighted by molar-refractivity contribution is 0.0171. The first kappa shape index (κ1) is 14.8. The number of aliphatic hydroxyl groups is 2. The van der Waals surface area contributed by atoms with Crippen LogP contribution in [0.4, 0.5) is 0 Å². The van der Waals surface area contributed by atoms with Crippen LogP contribution < -0.4 is 0 Å². The maximum Gasteiger partial charge on any atom is 0.109 e. The van der Waals surface area contributed by atoms with Crippen molar-refractivity contribution in [1.82, 2.24) is 0 Å².